The van der Waals surface area contributed by atoms with E-state index in [1.165, 1.54) is 68.9 Å². The normalized spacial score (nSPS) is 32.1. The average Bonchev–Trinajstić information content (AvgIpc) is 2.73. The summed E-state index contributed by atoms with van der Waals surface area (Å²) in [5.41, 5.74) is 2.41. The maximum atomic E-state index is 9.99. The molecule has 1 nitrogen and oxygen atoms in total. The fourth-order valence-corrected chi connectivity index (χ4v) is 5.57. The van der Waals surface area contributed by atoms with Crippen molar-refractivity contribution in [3.8, 4) is 6.07 Å². The number of rotatable bonds is 6. The molecule has 1 heteroatoms. The minimum absolute atomic E-state index is 0.221. The van der Waals surface area contributed by atoms with E-state index < -0.39 is 0 Å². The van der Waals surface area contributed by atoms with E-state index in [1.54, 1.807) is 0 Å². The Hall–Kier alpha value is -1.29. The maximum absolute atomic E-state index is 9.99. The van der Waals surface area contributed by atoms with E-state index in [1.807, 2.05) is 0 Å². The third kappa shape index (κ3) is 4.33. The monoisotopic (exact) mass is 351 g/mol. The van der Waals surface area contributed by atoms with Crippen molar-refractivity contribution in [3.63, 3.8) is 0 Å². The molecule has 0 heterocycles. The van der Waals surface area contributed by atoms with Gasteiger partial charge in [-0.3, -0.25) is 0 Å². The van der Waals surface area contributed by atoms with Crippen LogP contribution in [0.25, 0.3) is 0 Å². The van der Waals surface area contributed by atoms with Crippen LogP contribution in [-0.2, 0) is 11.8 Å². The lowest BCUT2D eigenvalue weighted by molar-refractivity contribution is 0.144. The lowest BCUT2D eigenvalue weighted by Gasteiger charge is -2.41. The highest BCUT2D eigenvalue weighted by atomic mass is 14.5. The Morgan fingerprint density at radius 3 is 2.08 bits per heavy atom. The molecule has 2 aliphatic carbocycles. The van der Waals surface area contributed by atoms with Crippen molar-refractivity contribution in [3.05, 3.63) is 35.4 Å². The molecule has 0 N–H and O–H groups in total. The van der Waals surface area contributed by atoms with Gasteiger partial charge in [0.2, 0.25) is 0 Å². The van der Waals surface area contributed by atoms with Gasteiger partial charge in [0, 0.05) is 0 Å². The first kappa shape index (κ1) is 19.5. The molecular formula is C25H37N. The van der Waals surface area contributed by atoms with E-state index in [0.717, 1.165) is 37.0 Å². The molecule has 0 unspecified atom stereocenters. The Balaban J connectivity index is 1.55. The predicted octanol–water partition coefficient (Wildman–Crippen LogP) is 7.20. The van der Waals surface area contributed by atoms with Crippen LogP contribution >= 0.6 is 0 Å². The Morgan fingerprint density at radius 2 is 1.54 bits per heavy atom. The smallest absolute Gasteiger partial charge is 0.0822 e. The molecule has 0 amide bonds. The van der Waals surface area contributed by atoms with Crippen molar-refractivity contribution in [1.82, 2.24) is 0 Å². The highest BCUT2D eigenvalue weighted by molar-refractivity contribution is 5.35. The van der Waals surface area contributed by atoms with E-state index in [0.29, 0.717) is 0 Å². The summed E-state index contributed by atoms with van der Waals surface area (Å²) in [4.78, 5) is 0. The van der Waals surface area contributed by atoms with Crippen molar-refractivity contribution in [1.29, 1.82) is 5.26 Å². The topological polar surface area (TPSA) is 23.8 Å². The number of nitriles is 1. The molecular weight excluding hydrogens is 314 g/mol. The van der Waals surface area contributed by atoms with Gasteiger partial charge < -0.3 is 0 Å². The number of hydrogen-bond acceptors (Lipinski definition) is 1. The Bertz CT molecular complexity index is 578. The van der Waals surface area contributed by atoms with E-state index >= 15 is 0 Å². The number of nitrogens with zero attached hydrogens (tertiary/aromatic N) is 1. The van der Waals surface area contributed by atoms with Gasteiger partial charge in [-0.15, -0.1) is 0 Å². The molecule has 0 aromatic heterocycles. The van der Waals surface area contributed by atoms with Gasteiger partial charge in [-0.2, -0.15) is 5.26 Å². The molecule has 3 rings (SSSR count). The van der Waals surface area contributed by atoms with Crippen LogP contribution in [0.5, 0.6) is 0 Å². The number of unbranched alkanes of at least 4 members (excludes halogenated alkanes) is 1. The van der Waals surface area contributed by atoms with Crippen LogP contribution in [0.1, 0.15) is 95.6 Å². The second-order valence-corrected chi connectivity index (χ2v) is 9.00. The van der Waals surface area contributed by atoms with Crippen LogP contribution < -0.4 is 0 Å². The third-order valence-electron chi connectivity index (χ3n) is 7.54. The van der Waals surface area contributed by atoms with E-state index in [9.17, 15) is 5.26 Å². The predicted molar refractivity (Wildman–Crippen MR) is 110 cm³/mol. The van der Waals surface area contributed by atoms with Crippen LogP contribution in [0, 0.1) is 29.1 Å². The molecule has 26 heavy (non-hydrogen) atoms. The van der Waals surface area contributed by atoms with Gasteiger partial charge in [0.15, 0.2) is 0 Å². The van der Waals surface area contributed by atoms with Gasteiger partial charge in [-0.1, -0.05) is 70.2 Å². The molecule has 142 valence electrons. The van der Waals surface area contributed by atoms with Gasteiger partial charge in [-0.05, 0) is 73.8 Å². The molecule has 0 bridgehead atoms. The molecule has 1 aromatic carbocycles. The Kier molecular flexibility index (Phi) is 6.80. The quantitative estimate of drug-likeness (QED) is 0.531. The highest BCUT2D eigenvalue weighted by Crippen LogP contribution is 2.47. The van der Waals surface area contributed by atoms with Gasteiger partial charge in [0.1, 0.15) is 0 Å². The SMILES string of the molecule is CCCCC1CCC([C@H]2CC[C@](C#N)(c3ccc(CC)cc3)CC2)CC1. The zero-order chi connectivity index (χ0) is 18.4. The maximum Gasteiger partial charge on any atom is 0.0822 e. The minimum Gasteiger partial charge on any atom is -0.197 e. The van der Waals surface area contributed by atoms with Crippen molar-refractivity contribution >= 4 is 0 Å². The van der Waals surface area contributed by atoms with Crippen molar-refractivity contribution < 1.29 is 0 Å². The zero-order valence-corrected chi connectivity index (χ0v) is 17.0. The van der Waals surface area contributed by atoms with Gasteiger partial charge in [0.05, 0.1) is 11.5 Å². The molecule has 2 fully saturated rings. The molecule has 0 spiro atoms. The average molecular weight is 352 g/mol. The number of benzene rings is 1. The summed E-state index contributed by atoms with van der Waals surface area (Å²) in [5, 5.41) is 9.99. The summed E-state index contributed by atoms with van der Waals surface area (Å²) in [6.45, 7) is 4.50. The van der Waals surface area contributed by atoms with Crippen molar-refractivity contribution in [2.24, 2.45) is 17.8 Å². The summed E-state index contributed by atoms with van der Waals surface area (Å²) < 4.78 is 0. The van der Waals surface area contributed by atoms with Gasteiger partial charge >= 0.3 is 0 Å². The standard InChI is InChI=1S/C25H37N/c1-3-5-6-21-7-11-22(12-8-21)23-15-17-25(19-26,18-16-23)24-13-9-20(4-2)10-14-24/h9-10,13-14,21-23H,3-8,11-12,15-18H2,1-2H3/t21?,22?,23-,25-. The van der Waals surface area contributed by atoms with Crippen LogP contribution in [0.15, 0.2) is 24.3 Å². The Morgan fingerprint density at radius 1 is 0.923 bits per heavy atom. The summed E-state index contributed by atoms with van der Waals surface area (Å²) in [5.74, 6) is 2.82. The van der Waals surface area contributed by atoms with Crippen LogP contribution in [0.2, 0.25) is 0 Å². The first-order valence-electron chi connectivity index (χ1n) is 11.2. The third-order valence-corrected chi connectivity index (χ3v) is 7.54. The van der Waals surface area contributed by atoms with Gasteiger partial charge in [-0.25, -0.2) is 0 Å². The minimum atomic E-state index is -0.221. The van der Waals surface area contributed by atoms with E-state index in [4.69, 9.17) is 0 Å². The summed E-state index contributed by atoms with van der Waals surface area (Å²) >= 11 is 0. The summed E-state index contributed by atoms with van der Waals surface area (Å²) in [6.07, 6.45) is 15.8. The van der Waals surface area contributed by atoms with E-state index in [-0.39, 0.29) is 5.41 Å². The fraction of sp³-hybridized carbons (Fsp3) is 0.720. The first-order chi connectivity index (χ1) is 12.7. The number of aryl methyl sites for hydroxylation is 1. The molecule has 2 aliphatic rings. The number of hydrogen-bond donors (Lipinski definition) is 0. The van der Waals surface area contributed by atoms with Crippen LogP contribution in [0.3, 0.4) is 0 Å². The summed E-state index contributed by atoms with van der Waals surface area (Å²) in [7, 11) is 0. The second kappa shape index (κ2) is 9.07. The lowest BCUT2D eigenvalue weighted by Crippen LogP contribution is -2.33. The molecule has 0 aliphatic heterocycles. The first-order valence-corrected chi connectivity index (χ1v) is 11.2. The van der Waals surface area contributed by atoms with Crippen molar-refractivity contribution in [2.45, 2.75) is 96.3 Å². The zero-order valence-electron chi connectivity index (χ0n) is 17.0. The summed E-state index contributed by atoms with van der Waals surface area (Å²) in [6, 6.07) is 11.6. The van der Waals surface area contributed by atoms with E-state index in [2.05, 4.69) is 44.2 Å². The van der Waals surface area contributed by atoms with Crippen LogP contribution in [-0.4, -0.2) is 0 Å². The Labute approximate surface area is 161 Å². The molecule has 0 saturated heterocycles. The largest absolute Gasteiger partial charge is 0.197 e. The molecule has 0 radical (unpaired) electrons. The fourth-order valence-electron chi connectivity index (χ4n) is 5.57. The molecule has 0 atom stereocenters. The highest BCUT2D eigenvalue weighted by Gasteiger charge is 2.39. The second-order valence-electron chi connectivity index (χ2n) is 9.00. The van der Waals surface area contributed by atoms with Gasteiger partial charge in [0.25, 0.3) is 0 Å². The molecule has 2 saturated carbocycles. The van der Waals surface area contributed by atoms with Crippen molar-refractivity contribution in [2.75, 3.05) is 0 Å². The molecule has 1 aromatic rings. The van der Waals surface area contributed by atoms with Crippen LogP contribution in [0.4, 0.5) is 0 Å². The lowest BCUT2D eigenvalue weighted by atomic mass is 9.62.